The molecule has 0 saturated heterocycles. The maximum absolute atomic E-state index is 5.46. The zero-order chi connectivity index (χ0) is 38.4. The Balaban J connectivity index is 1.04. The zero-order valence-corrected chi connectivity index (χ0v) is 31.7. The summed E-state index contributed by atoms with van der Waals surface area (Å²) in [6.45, 7) is 0. The van der Waals surface area contributed by atoms with E-state index in [-0.39, 0.29) is 12.0 Å². The molecule has 0 saturated carbocycles. The summed E-state index contributed by atoms with van der Waals surface area (Å²) < 4.78 is 2.38. The lowest BCUT2D eigenvalue weighted by molar-refractivity contribution is 0.665. The third-order valence-corrected chi connectivity index (χ3v) is 11.6. The van der Waals surface area contributed by atoms with Gasteiger partial charge in [0, 0.05) is 39.0 Å². The highest BCUT2D eigenvalue weighted by molar-refractivity contribution is 6.09. The topological polar surface area (TPSA) is 34.0 Å². The number of aromatic nitrogens is 3. The van der Waals surface area contributed by atoms with Crippen molar-refractivity contribution < 1.29 is 0 Å². The summed E-state index contributed by atoms with van der Waals surface area (Å²) in [6.07, 6.45) is 4.69. The van der Waals surface area contributed by atoms with Crippen LogP contribution in [0.25, 0.3) is 66.9 Å². The standard InChI is InChI=1S/C54H38N4/c1-4-16-38(17-5-1)39-30-32-40(33-31-39)52-47-24-10-13-25-48(47)55-54(56-52)58-50-27-15-12-23-44(50)46(53(58)41-18-6-2-7-19-41)35-29-37-28-34-45-43-22-11-14-26-49(43)57(51(45)36-37)42-20-8-3-9-21-42/h1-36,46,53H/b35-29+. The number of para-hydroxylation sites is 4. The van der Waals surface area contributed by atoms with Crippen LogP contribution in [0.2, 0.25) is 0 Å². The van der Waals surface area contributed by atoms with Gasteiger partial charge in [0.25, 0.3) is 0 Å². The van der Waals surface area contributed by atoms with Gasteiger partial charge in [-0.15, -0.1) is 0 Å². The van der Waals surface area contributed by atoms with E-state index in [0.717, 1.165) is 39.1 Å². The molecule has 0 radical (unpaired) electrons. The molecule has 0 amide bonds. The average Bonchev–Trinajstić information content (AvgIpc) is 3.81. The summed E-state index contributed by atoms with van der Waals surface area (Å²) >= 11 is 0. The zero-order valence-electron chi connectivity index (χ0n) is 31.7. The van der Waals surface area contributed by atoms with Crippen molar-refractivity contribution in [2.75, 3.05) is 4.90 Å². The van der Waals surface area contributed by atoms with Gasteiger partial charge in [0.1, 0.15) is 0 Å². The number of hydrogen-bond acceptors (Lipinski definition) is 3. The minimum absolute atomic E-state index is 0.0259. The van der Waals surface area contributed by atoms with Crippen molar-refractivity contribution >= 4 is 50.4 Å². The molecule has 0 N–H and O–H groups in total. The molecule has 4 nitrogen and oxygen atoms in total. The molecule has 11 rings (SSSR count). The first-order chi connectivity index (χ1) is 28.8. The Hall–Kier alpha value is -7.56. The molecule has 1 aliphatic rings. The lowest BCUT2D eigenvalue weighted by atomic mass is 9.89. The maximum Gasteiger partial charge on any atom is 0.231 e. The van der Waals surface area contributed by atoms with Crippen LogP contribution in [0.15, 0.2) is 212 Å². The van der Waals surface area contributed by atoms with Gasteiger partial charge < -0.3 is 9.47 Å². The lowest BCUT2D eigenvalue weighted by Crippen LogP contribution is -2.24. The average molecular weight is 743 g/mol. The van der Waals surface area contributed by atoms with Crippen molar-refractivity contribution in [3.05, 3.63) is 229 Å². The molecule has 0 aliphatic carbocycles. The summed E-state index contributed by atoms with van der Waals surface area (Å²) in [5, 5.41) is 3.53. The number of anilines is 2. The van der Waals surface area contributed by atoms with Crippen molar-refractivity contribution in [1.82, 2.24) is 14.5 Å². The smallest absolute Gasteiger partial charge is 0.231 e. The van der Waals surface area contributed by atoms with Crippen LogP contribution in [0, 0.1) is 0 Å². The molecule has 2 aromatic heterocycles. The Labute approximate surface area is 337 Å². The van der Waals surface area contributed by atoms with Crippen LogP contribution in [0.1, 0.15) is 28.7 Å². The van der Waals surface area contributed by atoms with Gasteiger partial charge in [-0.3, -0.25) is 0 Å². The lowest BCUT2D eigenvalue weighted by Gasteiger charge is -2.29. The summed E-state index contributed by atoms with van der Waals surface area (Å²) in [4.78, 5) is 13.1. The highest BCUT2D eigenvalue weighted by Gasteiger charge is 2.40. The molecule has 10 aromatic rings. The number of rotatable bonds is 7. The molecule has 0 fully saturated rings. The largest absolute Gasteiger partial charge is 0.309 e. The first-order valence-electron chi connectivity index (χ1n) is 19.9. The SMILES string of the molecule is C(=C\C1c2ccccc2N(c2nc(-c3ccc(-c4ccccc4)cc3)c3ccccc3n2)C1c1ccccc1)/c1ccc2c3ccccc3n(-c3ccccc3)c2c1. The summed E-state index contributed by atoms with van der Waals surface area (Å²) in [5.74, 6) is 0.713. The molecule has 3 heterocycles. The third kappa shape index (κ3) is 5.77. The van der Waals surface area contributed by atoms with E-state index in [1.807, 2.05) is 0 Å². The van der Waals surface area contributed by atoms with E-state index in [1.165, 1.54) is 44.1 Å². The van der Waals surface area contributed by atoms with E-state index in [0.29, 0.717) is 5.95 Å². The number of hydrogen-bond donors (Lipinski definition) is 0. The molecule has 2 atom stereocenters. The second kappa shape index (κ2) is 14.2. The van der Waals surface area contributed by atoms with Gasteiger partial charge in [0.05, 0.1) is 28.3 Å². The van der Waals surface area contributed by atoms with Crippen molar-refractivity contribution in [2.24, 2.45) is 0 Å². The Morgan fingerprint density at radius 2 is 1.09 bits per heavy atom. The van der Waals surface area contributed by atoms with Crippen LogP contribution in [0.3, 0.4) is 0 Å². The molecule has 0 spiro atoms. The first-order valence-corrected chi connectivity index (χ1v) is 19.9. The molecular formula is C54H38N4. The quantitative estimate of drug-likeness (QED) is 0.163. The van der Waals surface area contributed by atoms with Crippen molar-refractivity contribution in [3.8, 4) is 28.1 Å². The maximum atomic E-state index is 5.46. The Morgan fingerprint density at radius 3 is 1.90 bits per heavy atom. The van der Waals surface area contributed by atoms with E-state index >= 15 is 0 Å². The molecular weight excluding hydrogens is 705 g/mol. The van der Waals surface area contributed by atoms with Crippen LogP contribution in [0.5, 0.6) is 0 Å². The third-order valence-electron chi connectivity index (χ3n) is 11.6. The van der Waals surface area contributed by atoms with E-state index in [9.17, 15) is 0 Å². The van der Waals surface area contributed by atoms with Crippen LogP contribution in [-0.4, -0.2) is 14.5 Å². The van der Waals surface area contributed by atoms with Crippen LogP contribution in [-0.2, 0) is 0 Å². The van der Waals surface area contributed by atoms with Gasteiger partial charge in [0.15, 0.2) is 0 Å². The predicted molar refractivity (Wildman–Crippen MR) is 241 cm³/mol. The normalized spacial score (nSPS) is 15.1. The van der Waals surface area contributed by atoms with E-state index in [4.69, 9.17) is 9.97 Å². The van der Waals surface area contributed by atoms with Gasteiger partial charge in [0.2, 0.25) is 5.95 Å². The van der Waals surface area contributed by atoms with Crippen LogP contribution >= 0.6 is 0 Å². The minimum Gasteiger partial charge on any atom is -0.309 e. The van der Waals surface area contributed by atoms with Crippen LogP contribution in [0.4, 0.5) is 11.6 Å². The van der Waals surface area contributed by atoms with E-state index in [2.05, 4.69) is 228 Å². The fourth-order valence-electron chi connectivity index (χ4n) is 8.92. The van der Waals surface area contributed by atoms with Gasteiger partial charge >= 0.3 is 0 Å². The number of nitrogens with zero attached hydrogens (tertiary/aromatic N) is 4. The van der Waals surface area contributed by atoms with Crippen LogP contribution < -0.4 is 4.90 Å². The summed E-state index contributed by atoms with van der Waals surface area (Å²) in [6, 6.07) is 73.3. The molecule has 0 bridgehead atoms. The summed E-state index contributed by atoms with van der Waals surface area (Å²) in [7, 11) is 0. The minimum atomic E-state index is -0.0798. The van der Waals surface area contributed by atoms with Crippen molar-refractivity contribution in [3.63, 3.8) is 0 Å². The predicted octanol–water partition coefficient (Wildman–Crippen LogP) is 13.8. The molecule has 8 aromatic carbocycles. The van der Waals surface area contributed by atoms with Gasteiger partial charge in [-0.05, 0) is 64.2 Å². The van der Waals surface area contributed by atoms with Crippen molar-refractivity contribution in [1.29, 1.82) is 0 Å². The molecule has 2 unspecified atom stereocenters. The fourth-order valence-corrected chi connectivity index (χ4v) is 8.92. The van der Waals surface area contributed by atoms with Gasteiger partial charge in [-0.2, -0.15) is 0 Å². The highest BCUT2D eigenvalue weighted by atomic mass is 15.3. The summed E-state index contributed by atoms with van der Waals surface area (Å²) in [5.41, 5.74) is 13.5. The van der Waals surface area contributed by atoms with Crippen molar-refractivity contribution in [2.45, 2.75) is 12.0 Å². The molecule has 58 heavy (non-hydrogen) atoms. The highest BCUT2D eigenvalue weighted by Crippen LogP contribution is 2.53. The monoisotopic (exact) mass is 742 g/mol. The Morgan fingerprint density at radius 1 is 0.466 bits per heavy atom. The number of fused-ring (bicyclic) bond motifs is 5. The van der Waals surface area contributed by atoms with Gasteiger partial charge in [-0.25, -0.2) is 9.97 Å². The first kappa shape index (κ1) is 33.8. The Bertz CT molecular complexity index is 3110. The molecule has 1 aliphatic heterocycles. The van der Waals surface area contributed by atoms with E-state index < -0.39 is 0 Å². The Kier molecular flexibility index (Phi) is 8.25. The van der Waals surface area contributed by atoms with Gasteiger partial charge in [-0.1, -0.05) is 182 Å². The second-order valence-corrected chi connectivity index (χ2v) is 15.0. The second-order valence-electron chi connectivity index (χ2n) is 15.0. The molecule has 4 heteroatoms. The fraction of sp³-hybridized carbons (Fsp3) is 0.0370. The number of benzene rings is 8. The van der Waals surface area contributed by atoms with E-state index in [1.54, 1.807) is 0 Å². The molecule has 274 valence electrons.